The highest BCUT2D eigenvalue weighted by Crippen LogP contribution is 2.29. The highest BCUT2D eigenvalue weighted by Gasteiger charge is 2.29. The number of methoxy groups -OCH3 is 1. The SMILES string of the molecule is CCOc1ccccc1COC(=O)/C=C/c1ccc(OC)c(S(=O)(=O)N2CCOCC2)c1. The van der Waals surface area contributed by atoms with Gasteiger partial charge in [0.15, 0.2) is 0 Å². The second-order valence-corrected chi connectivity index (χ2v) is 8.81. The van der Waals surface area contributed by atoms with E-state index >= 15 is 0 Å². The first-order valence-corrected chi connectivity index (χ1v) is 11.7. The number of carbonyl (C=O) groups is 1. The average Bonchev–Trinajstić information content (AvgIpc) is 2.82. The smallest absolute Gasteiger partial charge is 0.331 e. The van der Waals surface area contributed by atoms with Gasteiger partial charge in [0.2, 0.25) is 10.0 Å². The van der Waals surface area contributed by atoms with Crippen molar-refractivity contribution in [1.29, 1.82) is 0 Å². The summed E-state index contributed by atoms with van der Waals surface area (Å²) in [5.41, 5.74) is 1.30. The summed E-state index contributed by atoms with van der Waals surface area (Å²) >= 11 is 0. The van der Waals surface area contributed by atoms with Crippen LogP contribution in [0.25, 0.3) is 6.08 Å². The molecular formula is C23H27NO7S. The second-order valence-electron chi connectivity index (χ2n) is 6.91. The minimum absolute atomic E-state index is 0.0445. The monoisotopic (exact) mass is 461 g/mol. The summed E-state index contributed by atoms with van der Waals surface area (Å²) in [6, 6.07) is 12.1. The fourth-order valence-corrected chi connectivity index (χ4v) is 4.80. The van der Waals surface area contributed by atoms with E-state index in [1.54, 1.807) is 12.1 Å². The Balaban J connectivity index is 1.72. The van der Waals surface area contributed by atoms with E-state index in [4.69, 9.17) is 18.9 Å². The summed E-state index contributed by atoms with van der Waals surface area (Å²) in [5, 5.41) is 0. The zero-order chi connectivity index (χ0) is 23.0. The summed E-state index contributed by atoms with van der Waals surface area (Å²) in [6.07, 6.45) is 2.77. The van der Waals surface area contributed by atoms with Gasteiger partial charge >= 0.3 is 5.97 Å². The first kappa shape index (κ1) is 23.8. The van der Waals surface area contributed by atoms with Gasteiger partial charge in [-0.2, -0.15) is 4.31 Å². The van der Waals surface area contributed by atoms with Gasteiger partial charge in [-0.05, 0) is 36.8 Å². The number of benzene rings is 2. The molecule has 0 aromatic heterocycles. The lowest BCUT2D eigenvalue weighted by molar-refractivity contribution is -0.138. The Labute approximate surface area is 188 Å². The Bertz CT molecular complexity index is 1060. The van der Waals surface area contributed by atoms with Crippen LogP contribution in [0.1, 0.15) is 18.1 Å². The van der Waals surface area contributed by atoms with E-state index in [-0.39, 0.29) is 30.3 Å². The van der Waals surface area contributed by atoms with Gasteiger partial charge in [0, 0.05) is 24.7 Å². The fourth-order valence-electron chi connectivity index (χ4n) is 3.21. The fraction of sp³-hybridized carbons (Fsp3) is 0.348. The molecule has 1 fully saturated rings. The highest BCUT2D eigenvalue weighted by molar-refractivity contribution is 7.89. The van der Waals surface area contributed by atoms with Crippen molar-refractivity contribution < 1.29 is 32.2 Å². The van der Waals surface area contributed by atoms with E-state index in [1.807, 2.05) is 31.2 Å². The largest absolute Gasteiger partial charge is 0.495 e. The Morgan fingerprint density at radius 1 is 1.12 bits per heavy atom. The number of carbonyl (C=O) groups excluding carboxylic acids is 1. The van der Waals surface area contributed by atoms with E-state index < -0.39 is 16.0 Å². The predicted molar refractivity (Wildman–Crippen MR) is 119 cm³/mol. The van der Waals surface area contributed by atoms with Gasteiger partial charge in [-0.1, -0.05) is 24.3 Å². The number of nitrogens with zero attached hydrogens (tertiary/aromatic N) is 1. The molecule has 0 saturated carbocycles. The van der Waals surface area contributed by atoms with E-state index in [9.17, 15) is 13.2 Å². The molecule has 1 saturated heterocycles. The number of ether oxygens (including phenoxy) is 4. The third kappa shape index (κ3) is 5.87. The Morgan fingerprint density at radius 3 is 2.59 bits per heavy atom. The normalized spacial score (nSPS) is 14.9. The summed E-state index contributed by atoms with van der Waals surface area (Å²) in [6.45, 7) is 3.71. The molecule has 0 unspecified atom stereocenters. The van der Waals surface area contributed by atoms with Crippen LogP contribution in [0.3, 0.4) is 0 Å². The molecule has 8 nitrogen and oxygen atoms in total. The van der Waals surface area contributed by atoms with E-state index in [0.29, 0.717) is 31.1 Å². The number of morpholine rings is 1. The third-order valence-corrected chi connectivity index (χ3v) is 6.75. The van der Waals surface area contributed by atoms with Crippen LogP contribution in [-0.2, 0) is 30.9 Å². The number of para-hydroxylation sites is 1. The van der Waals surface area contributed by atoms with Gasteiger partial charge in [0.05, 0.1) is 26.9 Å². The Morgan fingerprint density at radius 2 is 1.88 bits per heavy atom. The zero-order valence-electron chi connectivity index (χ0n) is 18.2. The molecule has 9 heteroatoms. The third-order valence-electron chi connectivity index (χ3n) is 4.83. The molecule has 0 spiro atoms. The molecule has 32 heavy (non-hydrogen) atoms. The van der Waals surface area contributed by atoms with Gasteiger partial charge in [0.1, 0.15) is 23.0 Å². The molecule has 0 bridgehead atoms. The van der Waals surface area contributed by atoms with Crippen molar-refractivity contribution in [3.63, 3.8) is 0 Å². The average molecular weight is 462 g/mol. The standard InChI is InChI=1S/C23H27NO7S/c1-3-30-20-7-5-4-6-19(20)17-31-23(25)11-9-18-8-10-21(28-2)22(16-18)32(26,27)24-12-14-29-15-13-24/h4-11,16H,3,12-15,17H2,1-2H3/b11-9+. The van der Waals surface area contributed by atoms with Crippen LogP contribution in [0.2, 0.25) is 0 Å². The maximum atomic E-state index is 13.1. The minimum atomic E-state index is -3.76. The summed E-state index contributed by atoms with van der Waals surface area (Å²) in [4.78, 5) is 12.2. The number of rotatable bonds is 9. The second kappa shape index (κ2) is 11.1. The molecule has 0 radical (unpaired) electrons. The first-order valence-electron chi connectivity index (χ1n) is 10.3. The van der Waals surface area contributed by atoms with Gasteiger partial charge in [-0.3, -0.25) is 0 Å². The number of hydrogen-bond donors (Lipinski definition) is 0. The molecule has 1 aliphatic heterocycles. The van der Waals surface area contributed by atoms with E-state index in [0.717, 1.165) is 5.56 Å². The van der Waals surface area contributed by atoms with E-state index in [1.165, 1.54) is 29.6 Å². The van der Waals surface area contributed by atoms with E-state index in [2.05, 4.69) is 0 Å². The summed E-state index contributed by atoms with van der Waals surface area (Å²) in [5.74, 6) is 0.355. The molecule has 1 heterocycles. The topological polar surface area (TPSA) is 91.4 Å². The van der Waals surface area contributed by atoms with Crippen LogP contribution < -0.4 is 9.47 Å². The minimum Gasteiger partial charge on any atom is -0.495 e. The Kier molecular flexibility index (Phi) is 8.26. The van der Waals surface area contributed by atoms with Crippen LogP contribution in [-0.4, -0.2) is 58.7 Å². The highest BCUT2D eigenvalue weighted by atomic mass is 32.2. The van der Waals surface area contributed by atoms with Crippen LogP contribution >= 0.6 is 0 Å². The van der Waals surface area contributed by atoms with Gasteiger partial charge in [-0.15, -0.1) is 0 Å². The van der Waals surface area contributed by atoms with Crippen molar-refractivity contribution in [2.45, 2.75) is 18.4 Å². The zero-order valence-corrected chi connectivity index (χ0v) is 19.0. The number of hydrogen-bond acceptors (Lipinski definition) is 7. The summed E-state index contributed by atoms with van der Waals surface area (Å²) in [7, 11) is -2.34. The molecule has 3 rings (SSSR count). The quantitative estimate of drug-likeness (QED) is 0.419. The van der Waals surface area contributed by atoms with Gasteiger partial charge in [-0.25, -0.2) is 13.2 Å². The molecule has 2 aromatic carbocycles. The molecule has 1 aliphatic rings. The van der Waals surface area contributed by atoms with Crippen molar-refractivity contribution in [2.24, 2.45) is 0 Å². The molecule has 2 aromatic rings. The molecule has 172 valence electrons. The Hall–Kier alpha value is -2.88. The van der Waals surface area contributed by atoms with Crippen LogP contribution in [0.5, 0.6) is 11.5 Å². The maximum absolute atomic E-state index is 13.1. The van der Waals surface area contributed by atoms with Gasteiger partial charge < -0.3 is 18.9 Å². The van der Waals surface area contributed by atoms with Crippen molar-refractivity contribution in [3.8, 4) is 11.5 Å². The molecule has 0 N–H and O–H groups in total. The van der Waals surface area contributed by atoms with Crippen LogP contribution in [0, 0.1) is 0 Å². The summed E-state index contributed by atoms with van der Waals surface area (Å²) < 4.78 is 48.8. The number of esters is 1. The van der Waals surface area contributed by atoms with Crippen molar-refractivity contribution >= 4 is 22.1 Å². The molecule has 0 aliphatic carbocycles. The lowest BCUT2D eigenvalue weighted by Crippen LogP contribution is -2.40. The van der Waals surface area contributed by atoms with Gasteiger partial charge in [0.25, 0.3) is 0 Å². The lowest BCUT2D eigenvalue weighted by atomic mass is 10.2. The van der Waals surface area contributed by atoms with Crippen LogP contribution in [0.15, 0.2) is 53.4 Å². The van der Waals surface area contributed by atoms with Crippen LogP contribution in [0.4, 0.5) is 0 Å². The maximum Gasteiger partial charge on any atom is 0.331 e. The molecule has 0 atom stereocenters. The molecule has 0 amide bonds. The van der Waals surface area contributed by atoms with Crippen molar-refractivity contribution in [2.75, 3.05) is 40.0 Å². The molecular weight excluding hydrogens is 434 g/mol. The van der Waals surface area contributed by atoms with Crippen molar-refractivity contribution in [3.05, 3.63) is 59.7 Å². The first-order chi connectivity index (χ1) is 15.5. The van der Waals surface area contributed by atoms with Crippen molar-refractivity contribution in [1.82, 2.24) is 4.31 Å². The predicted octanol–water partition coefficient (Wildman–Crippen LogP) is 2.87. The number of sulfonamides is 1. The lowest BCUT2D eigenvalue weighted by Gasteiger charge is -2.26.